The largest absolute Gasteiger partial charge is 0.271 e. The Kier molecular flexibility index (Phi) is 7.26. The number of hydrazine groups is 1. The molecule has 0 heterocycles. The predicted molar refractivity (Wildman–Crippen MR) is 84.8 cm³/mol. The van der Waals surface area contributed by atoms with E-state index >= 15 is 0 Å². The molecule has 0 fully saturated rings. The fraction of sp³-hybridized carbons (Fsp3) is 0.538. The monoisotopic (exact) mass is 338 g/mol. The quantitative estimate of drug-likeness (QED) is 0.564. The third-order valence-corrected chi connectivity index (χ3v) is 5.69. The van der Waals surface area contributed by atoms with E-state index in [1.54, 1.807) is 25.1 Å². The average molecular weight is 339 g/mol. The number of nitrogens with one attached hydrogen (secondary N) is 1. The maximum atomic E-state index is 11.4. The van der Waals surface area contributed by atoms with Gasteiger partial charge in [-0.05, 0) is 37.0 Å². The van der Waals surface area contributed by atoms with Gasteiger partial charge in [-0.15, -0.1) is 0 Å². The zero-order chi connectivity index (χ0) is 15.2. The average Bonchev–Trinajstić information content (AvgIpc) is 2.41. The molecule has 0 aliphatic heterocycles. The number of sulfone groups is 1. The van der Waals surface area contributed by atoms with E-state index in [1.165, 1.54) is 0 Å². The lowest BCUT2D eigenvalue weighted by molar-refractivity contribution is 0.484. The normalized spacial score (nSPS) is 13.4. The van der Waals surface area contributed by atoms with Gasteiger partial charge in [0, 0.05) is 21.8 Å². The van der Waals surface area contributed by atoms with Crippen molar-refractivity contribution in [1.29, 1.82) is 0 Å². The molecule has 1 aromatic rings. The fourth-order valence-corrected chi connectivity index (χ4v) is 3.36. The van der Waals surface area contributed by atoms with Crippen molar-refractivity contribution in [2.75, 3.05) is 11.5 Å². The van der Waals surface area contributed by atoms with Crippen LogP contribution in [-0.2, 0) is 16.3 Å². The van der Waals surface area contributed by atoms with Gasteiger partial charge in [-0.25, -0.2) is 8.42 Å². The molecule has 0 bridgehead atoms. The number of benzene rings is 1. The first-order chi connectivity index (χ1) is 9.39. The van der Waals surface area contributed by atoms with Crippen molar-refractivity contribution < 1.29 is 8.42 Å². The van der Waals surface area contributed by atoms with E-state index in [2.05, 4.69) is 5.43 Å². The standard InChI is InChI=1S/C13H20Cl2N2O2S/c1-2-20(18,19)8-4-5-10(17-16)9-11-12(14)6-3-7-13(11)15/h3,6-7,10,17H,2,4-5,8-9,16H2,1H3. The molecular weight excluding hydrogens is 319 g/mol. The fourth-order valence-electron chi connectivity index (χ4n) is 1.91. The van der Waals surface area contributed by atoms with Crippen molar-refractivity contribution in [3.05, 3.63) is 33.8 Å². The smallest absolute Gasteiger partial charge is 0.150 e. The van der Waals surface area contributed by atoms with Gasteiger partial charge in [-0.2, -0.15) is 0 Å². The van der Waals surface area contributed by atoms with Crippen LogP contribution in [0.25, 0.3) is 0 Å². The molecule has 1 atom stereocenters. The lowest BCUT2D eigenvalue weighted by Gasteiger charge is -2.17. The number of hydrogen-bond donors (Lipinski definition) is 2. The van der Waals surface area contributed by atoms with Crippen LogP contribution in [0.4, 0.5) is 0 Å². The Balaban J connectivity index is 2.60. The molecule has 0 aromatic heterocycles. The second-order valence-electron chi connectivity index (χ2n) is 4.65. The van der Waals surface area contributed by atoms with Crippen LogP contribution in [0, 0.1) is 0 Å². The topological polar surface area (TPSA) is 72.2 Å². The molecule has 7 heteroatoms. The minimum atomic E-state index is -2.93. The van der Waals surface area contributed by atoms with Gasteiger partial charge in [-0.3, -0.25) is 11.3 Å². The summed E-state index contributed by atoms with van der Waals surface area (Å²) in [4.78, 5) is 0. The van der Waals surface area contributed by atoms with Gasteiger partial charge in [-0.1, -0.05) is 36.2 Å². The third-order valence-electron chi connectivity index (χ3n) is 3.20. The van der Waals surface area contributed by atoms with E-state index < -0.39 is 9.84 Å². The molecule has 4 nitrogen and oxygen atoms in total. The van der Waals surface area contributed by atoms with Crippen LogP contribution in [-0.4, -0.2) is 26.0 Å². The Hall–Kier alpha value is -0.330. The van der Waals surface area contributed by atoms with Gasteiger partial charge in [0.05, 0.1) is 5.75 Å². The van der Waals surface area contributed by atoms with Crippen LogP contribution >= 0.6 is 23.2 Å². The van der Waals surface area contributed by atoms with Crippen LogP contribution < -0.4 is 11.3 Å². The number of nitrogens with two attached hydrogens (primary N) is 1. The lowest BCUT2D eigenvalue weighted by atomic mass is 10.0. The minimum absolute atomic E-state index is 0.0561. The zero-order valence-electron chi connectivity index (χ0n) is 11.4. The molecule has 0 aliphatic rings. The molecule has 0 aliphatic carbocycles. The molecule has 0 spiro atoms. The summed E-state index contributed by atoms with van der Waals surface area (Å²) >= 11 is 12.2. The highest BCUT2D eigenvalue weighted by molar-refractivity contribution is 7.91. The molecule has 114 valence electrons. The third kappa shape index (κ3) is 5.58. The SMILES string of the molecule is CCS(=O)(=O)CCCC(Cc1c(Cl)cccc1Cl)NN. The van der Waals surface area contributed by atoms with E-state index in [1.807, 2.05) is 0 Å². The Bertz CT molecular complexity index is 515. The van der Waals surface area contributed by atoms with Gasteiger partial charge in [0.25, 0.3) is 0 Å². The molecule has 1 unspecified atom stereocenters. The molecule has 1 aromatic carbocycles. The van der Waals surface area contributed by atoms with E-state index in [4.69, 9.17) is 29.0 Å². The second kappa shape index (κ2) is 8.20. The van der Waals surface area contributed by atoms with Crippen molar-refractivity contribution in [3.63, 3.8) is 0 Å². The molecule has 1 rings (SSSR count). The summed E-state index contributed by atoms with van der Waals surface area (Å²) in [6, 6.07) is 5.28. The zero-order valence-corrected chi connectivity index (χ0v) is 13.7. The van der Waals surface area contributed by atoms with Gasteiger partial charge >= 0.3 is 0 Å². The molecule has 0 amide bonds. The highest BCUT2D eigenvalue weighted by atomic mass is 35.5. The Morgan fingerprint density at radius 1 is 1.30 bits per heavy atom. The second-order valence-corrected chi connectivity index (χ2v) is 7.93. The highest BCUT2D eigenvalue weighted by Gasteiger charge is 2.14. The van der Waals surface area contributed by atoms with Crippen LogP contribution in [0.1, 0.15) is 25.3 Å². The van der Waals surface area contributed by atoms with Crippen molar-refractivity contribution in [2.45, 2.75) is 32.2 Å². The highest BCUT2D eigenvalue weighted by Crippen LogP contribution is 2.26. The van der Waals surface area contributed by atoms with Crippen LogP contribution in [0.5, 0.6) is 0 Å². The van der Waals surface area contributed by atoms with E-state index in [0.717, 1.165) is 5.56 Å². The molecule has 3 N–H and O–H groups in total. The first-order valence-corrected chi connectivity index (χ1v) is 9.06. The molecule has 0 radical (unpaired) electrons. The minimum Gasteiger partial charge on any atom is -0.271 e. The van der Waals surface area contributed by atoms with E-state index in [9.17, 15) is 8.42 Å². The maximum Gasteiger partial charge on any atom is 0.150 e. The van der Waals surface area contributed by atoms with Crippen molar-refractivity contribution in [3.8, 4) is 0 Å². The summed E-state index contributed by atoms with van der Waals surface area (Å²) in [5, 5.41) is 1.19. The number of hydrogen-bond acceptors (Lipinski definition) is 4. The van der Waals surface area contributed by atoms with Crippen LogP contribution in [0.2, 0.25) is 10.0 Å². The molecule has 0 saturated heterocycles. The summed E-state index contributed by atoms with van der Waals surface area (Å²) in [6.07, 6.45) is 1.78. The maximum absolute atomic E-state index is 11.4. The van der Waals surface area contributed by atoms with Crippen molar-refractivity contribution in [2.24, 2.45) is 5.84 Å². The summed E-state index contributed by atoms with van der Waals surface area (Å²) in [5.41, 5.74) is 3.53. The molecule has 0 saturated carbocycles. The first-order valence-electron chi connectivity index (χ1n) is 6.49. The van der Waals surface area contributed by atoms with E-state index in [-0.39, 0.29) is 17.5 Å². The summed E-state index contributed by atoms with van der Waals surface area (Å²) in [7, 11) is -2.93. The van der Waals surface area contributed by atoms with Gasteiger partial charge in [0.1, 0.15) is 9.84 Å². The lowest BCUT2D eigenvalue weighted by Crippen LogP contribution is -2.37. The first kappa shape index (κ1) is 17.7. The van der Waals surface area contributed by atoms with Crippen LogP contribution in [0.15, 0.2) is 18.2 Å². The summed E-state index contributed by atoms with van der Waals surface area (Å²) in [6.45, 7) is 1.65. The van der Waals surface area contributed by atoms with E-state index in [0.29, 0.717) is 29.3 Å². The van der Waals surface area contributed by atoms with Gasteiger partial charge < -0.3 is 0 Å². The Labute approximate surface area is 130 Å². The van der Waals surface area contributed by atoms with Gasteiger partial charge in [0.2, 0.25) is 0 Å². The summed E-state index contributed by atoms with van der Waals surface area (Å²) < 4.78 is 22.9. The Morgan fingerprint density at radius 3 is 2.40 bits per heavy atom. The van der Waals surface area contributed by atoms with Gasteiger partial charge in [0.15, 0.2) is 0 Å². The predicted octanol–water partition coefficient (Wildman–Crippen LogP) is 2.58. The molecule has 20 heavy (non-hydrogen) atoms. The Morgan fingerprint density at radius 2 is 1.90 bits per heavy atom. The number of rotatable bonds is 8. The molecular formula is C13H20Cl2N2O2S. The summed E-state index contributed by atoms with van der Waals surface area (Å²) in [5.74, 6) is 5.87. The van der Waals surface area contributed by atoms with Crippen LogP contribution in [0.3, 0.4) is 0 Å². The van der Waals surface area contributed by atoms with Crippen molar-refractivity contribution in [1.82, 2.24) is 5.43 Å². The number of halogens is 2. The van der Waals surface area contributed by atoms with Crippen molar-refractivity contribution >= 4 is 33.0 Å².